The second kappa shape index (κ2) is 5.92. The van der Waals surface area contributed by atoms with Crippen molar-refractivity contribution in [2.45, 2.75) is 26.3 Å². The highest BCUT2D eigenvalue weighted by Gasteiger charge is 2.20. The maximum absolute atomic E-state index is 11.8. The summed E-state index contributed by atoms with van der Waals surface area (Å²) in [6, 6.07) is 2.49. The summed E-state index contributed by atoms with van der Waals surface area (Å²) in [5.74, 6) is -1.83. The third kappa shape index (κ3) is 3.19. The summed E-state index contributed by atoms with van der Waals surface area (Å²) in [5, 5.41) is 24.5. The van der Waals surface area contributed by atoms with Gasteiger partial charge in [-0.05, 0) is 31.0 Å². The molecular weight excluding hydrogens is 276 g/mol. The first-order valence-electron chi connectivity index (χ1n) is 6.41. The Bertz CT molecular complexity index is 692. The van der Waals surface area contributed by atoms with Crippen molar-refractivity contribution < 1.29 is 24.3 Å². The van der Waals surface area contributed by atoms with Crippen LogP contribution < -0.4 is 5.32 Å². The van der Waals surface area contributed by atoms with E-state index < -0.39 is 24.5 Å². The highest BCUT2D eigenvalue weighted by atomic mass is 16.5. The SMILES string of the molecule is Cc1cc(C)c2onc(CC(=O)NC(CO)C(=O)O)c2c1. The highest BCUT2D eigenvalue weighted by Crippen LogP contribution is 2.24. The van der Waals surface area contributed by atoms with Gasteiger partial charge in [0.1, 0.15) is 11.7 Å². The molecule has 2 rings (SSSR count). The predicted molar refractivity (Wildman–Crippen MR) is 73.8 cm³/mol. The summed E-state index contributed by atoms with van der Waals surface area (Å²) < 4.78 is 5.22. The molecule has 1 amide bonds. The van der Waals surface area contributed by atoms with E-state index in [9.17, 15) is 9.59 Å². The summed E-state index contributed by atoms with van der Waals surface area (Å²) in [7, 11) is 0. The minimum absolute atomic E-state index is 0.111. The van der Waals surface area contributed by atoms with Crippen LogP contribution in [0.4, 0.5) is 0 Å². The number of hydrogen-bond donors (Lipinski definition) is 3. The van der Waals surface area contributed by atoms with Gasteiger partial charge in [-0.3, -0.25) is 4.79 Å². The first-order valence-corrected chi connectivity index (χ1v) is 6.41. The molecule has 2 aromatic rings. The van der Waals surface area contributed by atoms with Crippen molar-refractivity contribution in [3.8, 4) is 0 Å². The van der Waals surface area contributed by atoms with E-state index in [0.717, 1.165) is 16.5 Å². The number of benzene rings is 1. The van der Waals surface area contributed by atoms with Gasteiger partial charge in [0.15, 0.2) is 5.58 Å². The second-order valence-electron chi connectivity index (χ2n) is 4.91. The number of nitrogens with zero attached hydrogens (tertiary/aromatic N) is 1. The number of carbonyl (C=O) groups is 2. The Labute approximate surface area is 120 Å². The van der Waals surface area contributed by atoms with Crippen molar-refractivity contribution in [3.63, 3.8) is 0 Å². The topological polar surface area (TPSA) is 113 Å². The van der Waals surface area contributed by atoms with E-state index in [1.807, 2.05) is 26.0 Å². The number of aliphatic hydroxyl groups is 1. The number of fused-ring (bicyclic) bond motifs is 1. The average molecular weight is 292 g/mol. The molecule has 0 saturated carbocycles. The maximum atomic E-state index is 11.8. The van der Waals surface area contributed by atoms with Crippen LogP contribution in [0.3, 0.4) is 0 Å². The smallest absolute Gasteiger partial charge is 0.328 e. The second-order valence-corrected chi connectivity index (χ2v) is 4.91. The monoisotopic (exact) mass is 292 g/mol. The van der Waals surface area contributed by atoms with Crippen LogP contribution in [0.1, 0.15) is 16.8 Å². The highest BCUT2D eigenvalue weighted by molar-refractivity contribution is 5.90. The lowest BCUT2D eigenvalue weighted by Crippen LogP contribution is -2.44. The van der Waals surface area contributed by atoms with E-state index in [2.05, 4.69) is 10.5 Å². The first kappa shape index (κ1) is 15.0. The number of aliphatic hydroxyl groups excluding tert-OH is 1. The van der Waals surface area contributed by atoms with Gasteiger partial charge in [-0.25, -0.2) is 4.79 Å². The molecule has 112 valence electrons. The van der Waals surface area contributed by atoms with Crippen LogP contribution in [-0.2, 0) is 16.0 Å². The number of amides is 1. The van der Waals surface area contributed by atoms with E-state index in [0.29, 0.717) is 11.3 Å². The van der Waals surface area contributed by atoms with E-state index in [-0.39, 0.29) is 6.42 Å². The number of nitrogens with one attached hydrogen (secondary N) is 1. The van der Waals surface area contributed by atoms with E-state index in [1.165, 1.54) is 0 Å². The van der Waals surface area contributed by atoms with Gasteiger partial charge in [0.05, 0.1) is 13.0 Å². The Hall–Kier alpha value is -2.41. The van der Waals surface area contributed by atoms with Crippen LogP contribution in [-0.4, -0.2) is 39.9 Å². The zero-order chi connectivity index (χ0) is 15.6. The number of carboxylic acid groups (broad SMARTS) is 1. The molecule has 1 atom stereocenters. The normalized spacial score (nSPS) is 12.3. The molecule has 0 fully saturated rings. The minimum Gasteiger partial charge on any atom is -0.480 e. The fourth-order valence-corrected chi connectivity index (χ4v) is 2.15. The van der Waals surface area contributed by atoms with E-state index in [4.69, 9.17) is 14.7 Å². The van der Waals surface area contributed by atoms with Gasteiger partial charge in [-0.1, -0.05) is 11.2 Å². The largest absolute Gasteiger partial charge is 0.480 e. The number of hydrogen-bond acceptors (Lipinski definition) is 5. The van der Waals surface area contributed by atoms with Crippen LogP contribution in [0.2, 0.25) is 0 Å². The summed E-state index contributed by atoms with van der Waals surface area (Å²) in [4.78, 5) is 22.6. The van der Waals surface area contributed by atoms with Crippen LogP contribution in [0, 0.1) is 13.8 Å². The summed E-state index contributed by atoms with van der Waals surface area (Å²) in [6.45, 7) is 3.14. The summed E-state index contributed by atoms with van der Waals surface area (Å²) in [6.07, 6.45) is -0.111. The van der Waals surface area contributed by atoms with Gasteiger partial charge >= 0.3 is 5.97 Å². The third-order valence-electron chi connectivity index (χ3n) is 3.12. The van der Waals surface area contributed by atoms with Gasteiger partial charge in [-0.2, -0.15) is 0 Å². The van der Waals surface area contributed by atoms with Crippen LogP contribution in [0.15, 0.2) is 16.7 Å². The van der Waals surface area contributed by atoms with Gasteiger partial charge in [-0.15, -0.1) is 0 Å². The Morgan fingerprint density at radius 3 is 2.71 bits per heavy atom. The molecule has 0 saturated heterocycles. The lowest BCUT2D eigenvalue weighted by Gasteiger charge is -2.10. The molecule has 21 heavy (non-hydrogen) atoms. The Balaban J connectivity index is 2.20. The number of rotatable bonds is 5. The molecule has 1 aromatic carbocycles. The van der Waals surface area contributed by atoms with Gasteiger partial charge in [0, 0.05) is 5.39 Å². The summed E-state index contributed by atoms with van der Waals surface area (Å²) >= 11 is 0. The fraction of sp³-hybridized carbons (Fsp3) is 0.357. The molecule has 3 N–H and O–H groups in total. The Morgan fingerprint density at radius 1 is 1.38 bits per heavy atom. The number of aryl methyl sites for hydroxylation is 2. The average Bonchev–Trinajstić information content (AvgIpc) is 2.79. The van der Waals surface area contributed by atoms with Crippen molar-refractivity contribution in [3.05, 3.63) is 29.0 Å². The van der Waals surface area contributed by atoms with Crippen LogP contribution in [0.25, 0.3) is 11.0 Å². The lowest BCUT2D eigenvalue weighted by atomic mass is 10.1. The zero-order valence-corrected chi connectivity index (χ0v) is 11.7. The maximum Gasteiger partial charge on any atom is 0.328 e. The lowest BCUT2D eigenvalue weighted by molar-refractivity contribution is -0.142. The quantitative estimate of drug-likeness (QED) is 0.741. The van der Waals surface area contributed by atoms with Crippen LogP contribution >= 0.6 is 0 Å². The molecule has 1 unspecified atom stereocenters. The molecule has 0 aliphatic heterocycles. The molecule has 0 radical (unpaired) electrons. The molecule has 0 bridgehead atoms. The first-order chi connectivity index (χ1) is 9.92. The van der Waals surface area contributed by atoms with Crippen LogP contribution in [0.5, 0.6) is 0 Å². The van der Waals surface area contributed by atoms with E-state index >= 15 is 0 Å². The zero-order valence-electron chi connectivity index (χ0n) is 11.7. The molecule has 7 heteroatoms. The molecule has 1 heterocycles. The molecular formula is C14H16N2O5. The van der Waals surface area contributed by atoms with Gasteiger partial charge < -0.3 is 20.1 Å². The predicted octanol–water partition coefficient (Wildman–Crippen LogP) is 0.549. The molecule has 0 spiro atoms. The van der Waals surface area contributed by atoms with Gasteiger partial charge in [0.25, 0.3) is 0 Å². The number of aliphatic carboxylic acids is 1. The number of carboxylic acids is 1. The van der Waals surface area contributed by atoms with Gasteiger partial charge in [0.2, 0.25) is 5.91 Å². The molecule has 1 aromatic heterocycles. The van der Waals surface area contributed by atoms with Crippen molar-refractivity contribution in [1.29, 1.82) is 0 Å². The van der Waals surface area contributed by atoms with Crippen molar-refractivity contribution >= 4 is 22.8 Å². The molecule has 7 nitrogen and oxygen atoms in total. The minimum atomic E-state index is -1.32. The van der Waals surface area contributed by atoms with Crippen molar-refractivity contribution in [2.75, 3.05) is 6.61 Å². The molecule has 0 aliphatic rings. The van der Waals surface area contributed by atoms with Crippen molar-refractivity contribution in [2.24, 2.45) is 0 Å². The Kier molecular flexibility index (Phi) is 4.23. The third-order valence-corrected chi connectivity index (χ3v) is 3.12. The number of carbonyl (C=O) groups excluding carboxylic acids is 1. The molecule has 0 aliphatic carbocycles. The van der Waals surface area contributed by atoms with Crippen molar-refractivity contribution in [1.82, 2.24) is 10.5 Å². The summed E-state index contributed by atoms with van der Waals surface area (Å²) in [5.41, 5.74) is 2.99. The standard InChI is InChI=1S/C14H16N2O5/c1-7-3-8(2)13-9(4-7)10(16-21-13)5-12(18)15-11(6-17)14(19)20/h3-4,11,17H,5-6H2,1-2H3,(H,15,18)(H,19,20). The fourth-order valence-electron chi connectivity index (χ4n) is 2.15. The van der Waals surface area contributed by atoms with E-state index in [1.54, 1.807) is 0 Å². The Morgan fingerprint density at radius 2 is 2.10 bits per heavy atom. The number of aromatic nitrogens is 1.